The van der Waals surface area contributed by atoms with E-state index in [0.717, 1.165) is 0 Å². The molecule has 0 spiro atoms. The number of sulfonamides is 1. The Bertz CT molecular complexity index is 765. The summed E-state index contributed by atoms with van der Waals surface area (Å²) in [5, 5.41) is 0. The smallest absolute Gasteiger partial charge is 0.240 e. The van der Waals surface area contributed by atoms with Gasteiger partial charge in [-0.2, -0.15) is 0 Å². The molecule has 0 aliphatic carbocycles. The molecule has 5 heteroatoms. The Balaban J connectivity index is 2.23. The van der Waals surface area contributed by atoms with Crippen molar-refractivity contribution >= 4 is 21.9 Å². The summed E-state index contributed by atoms with van der Waals surface area (Å²) < 4.78 is 25.7. The van der Waals surface area contributed by atoms with Gasteiger partial charge in [0.25, 0.3) is 0 Å². The van der Waals surface area contributed by atoms with Crippen LogP contribution in [-0.2, 0) is 10.0 Å². The van der Waals surface area contributed by atoms with Gasteiger partial charge < -0.3 is 0 Å². The zero-order valence-corrected chi connectivity index (χ0v) is 12.3. The largest absolute Gasteiger partial charge is 0.289 e. The summed E-state index contributed by atoms with van der Waals surface area (Å²) in [4.78, 5) is 12.1. The third-order valence-electron chi connectivity index (χ3n) is 2.92. The molecule has 2 rings (SSSR count). The van der Waals surface area contributed by atoms with Gasteiger partial charge in [-0.15, -0.1) is 0 Å². The van der Waals surface area contributed by atoms with Crippen LogP contribution in [0.2, 0.25) is 0 Å². The highest BCUT2D eigenvalue weighted by Gasteiger charge is 2.10. The van der Waals surface area contributed by atoms with Crippen LogP contribution >= 0.6 is 0 Å². The molecule has 1 N–H and O–H groups in total. The molecular weight excluding hydrogens is 286 g/mol. The highest BCUT2D eigenvalue weighted by atomic mass is 32.2. The second-order valence-electron chi connectivity index (χ2n) is 4.34. The third kappa shape index (κ3) is 3.87. The van der Waals surface area contributed by atoms with Crippen molar-refractivity contribution in [2.75, 3.05) is 7.05 Å². The fourth-order valence-corrected chi connectivity index (χ4v) is 2.56. The first kappa shape index (κ1) is 15.2. The molecule has 0 fully saturated rings. The monoisotopic (exact) mass is 301 g/mol. The molecule has 2 aromatic carbocycles. The molecule has 0 atom stereocenters. The van der Waals surface area contributed by atoms with Gasteiger partial charge in [-0.25, -0.2) is 13.1 Å². The third-order valence-corrected chi connectivity index (χ3v) is 4.33. The van der Waals surface area contributed by atoms with E-state index < -0.39 is 10.0 Å². The lowest BCUT2D eigenvalue weighted by Crippen LogP contribution is -2.18. The summed E-state index contributed by atoms with van der Waals surface area (Å²) in [6.07, 6.45) is 3.03. The Morgan fingerprint density at radius 2 is 1.76 bits per heavy atom. The quantitative estimate of drug-likeness (QED) is 0.681. The number of carbonyl (C=O) groups is 1. The molecule has 0 saturated carbocycles. The van der Waals surface area contributed by atoms with Gasteiger partial charge in [-0.3, -0.25) is 4.79 Å². The number of rotatable bonds is 5. The zero-order chi connectivity index (χ0) is 15.3. The molecule has 0 unspecified atom stereocenters. The van der Waals surface area contributed by atoms with Gasteiger partial charge in [0.05, 0.1) is 4.90 Å². The molecule has 0 radical (unpaired) electrons. The summed E-state index contributed by atoms with van der Waals surface area (Å²) in [5.41, 5.74) is 1.24. The minimum absolute atomic E-state index is 0.127. The lowest BCUT2D eigenvalue weighted by atomic mass is 10.1. The lowest BCUT2D eigenvalue weighted by molar-refractivity contribution is 0.104. The summed E-state index contributed by atoms with van der Waals surface area (Å²) in [7, 11) is -2.12. The van der Waals surface area contributed by atoms with Crippen LogP contribution in [0.4, 0.5) is 0 Å². The summed E-state index contributed by atoms with van der Waals surface area (Å²) in [5.74, 6) is -0.127. The Labute approximate surface area is 124 Å². The van der Waals surface area contributed by atoms with Crippen molar-refractivity contribution in [1.82, 2.24) is 4.72 Å². The first-order valence-electron chi connectivity index (χ1n) is 6.34. The van der Waals surface area contributed by atoms with E-state index in [-0.39, 0.29) is 10.7 Å². The van der Waals surface area contributed by atoms with Crippen molar-refractivity contribution in [1.29, 1.82) is 0 Å². The molecule has 4 nitrogen and oxygen atoms in total. The van der Waals surface area contributed by atoms with Crippen molar-refractivity contribution in [2.45, 2.75) is 4.90 Å². The molecule has 0 heterocycles. The molecule has 0 bridgehead atoms. The number of hydrogen-bond donors (Lipinski definition) is 1. The molecule has 2 aromatic rings. The van der Waals surface area contributed by atoms with Crippen LogP contribution < -0.4 is 4.72 Å². The van der Waals surface area contributed by atoms with Crippen LogP contribution in [0.25, 0.3) is 6.08 Å². The van der Waals surface area contributed by atoms with Crippen LogP contribution in [0, 0.1) is 0 Å². The van der Waals surface area contributed by atoms with Gasteiger partial charge in [0.15, 0.2) is 5.78 Å². The highest BCUT2D eigenvalue weighted by molar-refractivity contribution is 7.89. The van der Waals surface area contributed by atoms with Crippen molar-refractivity contribution < 1.29 is 13.2 Å². The first-order chi connectivity index (χ1) is 10.0. The number of nitrogens with one attached hydrogen (secondary N) is 1. The second-order valence-corrected chi connectivity index (χ2v) is 6.23. The average molecular weight is 301 g/mol. The van der Waals surface area contributed by atoms with Crippen LogP contribution in [0.1, 0.15) is 15.9 Å². The Hall–Kier alpha value is -2.24. The van der Waals surface area contributed by atoms with E-state index in [0.29, 0.717) is 11.1 Å². The average Bonchev–Trinajstić information content (AvgIpc) is 2.53. The number of ketones is 1. The zero-order valence-electron chi connectivity index (χ0n) is 11.5. The molecule has 21 heavy (non-hydrogen) atoms. The normalized spacial score (nSPS) is 11.7. The highest BCUT2D eigenvalue weighted by Crippen LogP contribution is 2.13. The maximum atomic E-state index is 11.9. The number of hydrogen-bond acceptors (Lipinski definition) is 3. The predicted octanol–water partition coefficient (Wildman–Crippen LogP) is 2.49. The van der Waals surface area contributed by atoms with E-state index in [1.54, 1.807) is 42.5 Å². The maximum Gasteiger partial charge on any atom is 0.240 e. The second kappa shape index (κ2) is 6.47. The van der Waals surface area contributed by atoms with Gasteiger partial charge in [0, 0.05) is 5.56 Å². The summed E-state index contributed by atoms with van der Waals surface area (Å²) >= 11 is 0. The van der Waals surface area contributed by atoms with Gasteiger partial charge in [0.1, 0.15) is 0 Å². The fraction of sp³-hybridized carbons (Fsp3) is 0.0625. The van der Waals surface area contributed by atoms with Crippen molar-refractivity contribution in [3.8, 4) is 0 Å². The van der Waals surface area contributed by atoms with Gasteiger partial charge in [0.2, 0.25) is 10.0 Å². The standard InChI is InChI=1S/C16H15NO3S/c1-17-21(19,20)15-9-5-6-13(12-15)10-11-16(18)14-7-3-2-4-8-14/h2-12,17H,1H3. The first-order valence-corrected chi connectivity index (χ1v) is 7.82. The minimum atomic E-state index is -3.48. The van der Waals surface area contributed by atoms with Crippen molar-refractivity contribution in [3.05, 3.63) is 71.8 Å². The molecule has 108 valence electrons. The lowest BCUT2D eigenvalue weighted by Gasteiger charge is -2.03. The van der Waals surface area contributed by atoms with E-state index in [1.165, 1.54) is 25.3 Å². The van der Waals surface area contributed by atoms with E-state index >= 15 is 0 Å². The van der Waals surface area contributed by atoms with Crippen molar-refractivity contribution in [3.63, 3.8) is 0 Å². The number of benzene rings is 2. The van der Waals surface area contributed by atoms with E-state index in [1.807, 2.05) is 6.07 Å². The maximum absolute atomic E-state index is 11.9. The molecule has 0 aliphatic heterocycles. The number of carbonyl (C=O) groups excluding carboxylic acids is 1. The molecule has 0 saturated heterocycles. The Morgan fingerprint density at radius 3 is 2.43 bits per heavy atom. The molecular formula is C16H15NO3S. The van der Waals surface area contributed by atoms with Gasteiger partial charge in [-0.05, 0) is 30.8 Å². The van der Waals surface area contributed by atoms with E-state index in [4.69, 9.17) is 0 Å². The molecule has 0 aromatic heterocycles. The summed E-state index contributed by atoms with van der Waals surface area (Å²) in [6.45, 7) is 0. The van der Waals surface area contributed by atoms with Crippen molar-refractivity contribution in [2.24, 2.45) is 0 Å². The molecule has 0 aliphatic rings. The molecule has 0 amide bonds. The minimum Gasteiger partial charge on any atom is -0.289 e. The van der Waals surface area contributed by atoms with Crippen LogP contribution in [0.3, 0.4) is 0 Å². The Kier molecular flexibility index (Phi) is 4.67. The van der Waals surface area contributed by atoms with Crippen LogP contribution in [0.15, 0.2) is 65.6 Å². The van der Waals surface area contributed by atoms with E-state index in [2.05, 4.69) is 4.72 Å². The van der Waals surface area contributed by atoms with Crippen LogP contribution in [-0.4, -0.2) is 21.2 Å². The van der Waals surface area contributed by atoms with Gasteiger partial charge >= 0.3 is 0 Å². The fourth-order valence-electron chi connectivity index (χ4n) is 1.77. The summed E-state index contributed by atoms with van der Waals surface area (Å²) in [6, 6.07) is 15.3. The Morgan fingerprint density at radius 1 is 1.05 bits per heavy atom. The van der Waals surface area contributed by atoms with Crippen LogP contribution in [0.5, 0.6) is 0 Å². The van der Waals surface area contributed by atoms with Gasteiger partial charge in [-0.1, -0.05) is 48.5 Å². The van der Waals surface area contributed by atoms with E-state index in [9.17, 15) is 13.2 Å². The number of allylic oxidation sites excluding steroid dienone is 1. The SMILES string of the molecule is CNS(=O)(=O)c1cccc(C=CC(=O)c2ccccc2)c1. The predicted molar refractivity (Wildman–Crippen MR) is 82.5 cm³/mol. The topological polar surface area (TPSA) is 63.2 Å².